The number of benzene rings is 4. The average Bonchev–Trinajstić information content (AvgIpc) is 2.96. The molecule has 0 aliphatic heterocycles. The third kappa shape index (κ3) is 5.10. The van der Waals surface area contributed by atoms with E-state index < -0.39 is 16.6 Å². The Hall–Kier alpha value is -4.13. The van der Waals surface area contributed by atoms with Crippen LogP contribution in [-0.2, 0) is 0 Å². The Morgan fingerprint density at radius 1 is 0.417 bits per heavy atom. The summed E-state index contributed by atoms with van der Waals surface area (Å²) in [5.74, 6) is 1.59. The molecular weight excluding hydrogens is 473 g/mol. The lowest BCUT2D eigenvalue weighted by Gasteiger charge is -2.26. The average molecular weight is 503 g/mol. The summed E-state index contributed by atoms with van der Waals surface area (Å²) in [6.45, 7) is 16.2. The van der Waals surface area contributed by atoms with Crippen molar-refractivity contribution in [3.8, 4) is 22.6 Å². The van der Waals surface area contributed by atoms with Gasteiger partial charge >= 0.3 is 16.6 Å². The van der Waals surface area contributed by atoms with Crippen molar-refractivity contribution in [2.75, 3.05) is 0 Å². The molecular formula is C32H30O2Si2. The van der Waals surface area contributed by atoms with Crippen LogP contribution in [0.25, 0.3) is 11.1 Å². The van der Waals surface area contributed by atoms with Crippen LogP contribution in [0.1, 0.15) is 0 Å². The van der Waals surface area contributed by atoms with Gasteiger partial charge in [-0.1, -0.05) is 108 Å². The second-order valence-electron chi connectivity index (χ2n) is 8.39. The summed E-state index contributed by atoms with van der Waals surface area (Å²) < 4.78 is 13.0. The van der Waals surface area contributed by atoms with Crippen LogP contribution < -0.4 is 19.2 Å². The third-order valence-corrected chi connectivity index (χ3v) is 12.3. The fraction of sp³-hybridized carbons (Fsp3) is 0. The minimum absolute atomic E-state index is 0.796. The normalized spacial score (nSPS) is 11.2. The SMILES string of the molecule is C=C[Si](C=C)(Oc1ccc(-c2ccc(O[Si](C=C)(C=C)c3ccccc3)cc2)cc1)c1ccccc1. The molecule has 0 saturated carbocycles. The van der Waals surface area contributed by atoms with Gasteiger partial charge in [-0.25, -0.2) is 0 Å². The molecule has 0 atom stereocenters. The summed E-state index contributed by atoms with van der Waals surface area (Å²) in [6.07, 6.45) is 0. The van der Waals surface area contributed by atoms with Gasteiger partial charge in [0, 0.05) is 0 Å². The van der Waals surface area contributed by atoms with Crippen molar-refractivity contribution in [1.29, 1.82) is 0 Å². The van der Waals surface area contributed by atoms with Gasteiger partial charge in [0.15, 0.2) is 0 Å². The van der Waals surface area contributed by atoms with Gasteiger partial charge in [0.1, 0.15) is 11.5 Å². The van der Waals surface area contributed by atoms with E-state index in [1.54, 1.807) is 0 Å². The Morgan fingerprint density at radius 3 is 1.00 bits per heavy atom. The first-order valence-corrected chi connectivity index (χ1v) is 15.9. The smallest absolute Gasteiger partial charge is 0.331 e. The van der Waals surface area contributed by atoms with Gasteiger partial charge in [-0.3, -0.25) is 0 Å². The van der Waals surface area contributed by atoms with Gasteiger partial charge in [-0.05, 0) is 45.8 Å². The molecule has 4 aromatic rings. The molecule has 0 amide bonds. The Morgan fingerprint density at radius 2 is 0.722 bits per heavy atom. The topological polar surface area (TPSA) is 18.5 Å². The van der Waals surface area contributed by atoms with Gasteiger partial charge in [-0.2, -0.15) is 0 Å². The molecule has 0 aromatic heterocycles. The van der Waals surface area contributed by atoms with E-state index in [4.69, 9.17) is 8.85 Å². The highest BCUT2D eigenvalue weighted by atomic mass is 28.4. The van der Waals surface area contributed by atoms with Crippen LogP contribution in [-0.4, -0.2) is 16.6 Å². The van der Waals surface area contributed by atoms with Crippen molar-refractivity contribution in [3.05, 3.63) is 158 Å². The molecule has 4 heteroatoms. The van der Waals surface area contributed by atoms with Gasteiger partial charge in [0.05, 0.1) is 0 Å². The van der Waals surface area contributed by atoms with E-state index in [9.17, 15) is 0 Å². The van der Waals surface area contributed by atoms with Crippen LogP contribution in [0.15, 0.2) is 158 Å². The fourth-order valence-electron chi connectivity index (χ4n) is 4.14. The molecule has 178 valence electrons. The van der Waals surface area contributed by atoms with Crippen molar-refractivity contribution in [3.63, 3.8) is 0 Å². The fourth-order valence-corrected chi connectivity index (χ4v) is 8.46. The van der Waals surface area contributed by atoms with Crippen LogP contribution in [0.3, 0.4) is 0 Å². The number of hydrogen-bond donors (Lipinski definition) is 0. The lowest BCUT2D eigenvalue weighted by atomic mass is 10.1. The zero-order valence-corrected chi connectivity index (χ0v) is 22.3. The quantitative estimate of drug-likeness (QED) is 0.212. The predicted octanol–water partition coefficient (Wildman–Crippen LogP) is 6.72. The van der Waals surface area contributed by atoms with Crippen molar-refractivity contribution < 1.29 is 8.85 Å². The molecule has 0 spiro atoms. The van der Waals surface area contributed by atoms with E-state index in [-0.39, 0.29) is 0 Å². The van der Waals surface area contributed by atoms with E-state index in [0.717, 1.165) is 33.0 Å². The molecule has 0 saturated heterocycles. The molecule has 0 aliphatic carbocycles. The van der Waals surface area contributed by atoms with Gasteiger partial charge in [-0.15, -0.1) is 26.3 Å². The predicted molar refractivity (Wildman–Crippen MR) is 158 cm³/mol. The molecule has 4 rings (SSSR count). The molecule has 2 nitrogen and oxygen atoms in total. The maximum Gasteiger partial charge on any atom is 0.331 e. The summed E-state index contributed by atoms with van der Waals surface area (Å²) in [7, 11) is -5.05. The summed E-state index contributed by atoms with van der Waals surface area (Å²) in [5, 5.41) is 2.23. The Bertz CT molecular complexity index is 1210. The lowest BCUT2D eigenvalue weighted by molar-refractivity contribution is 0.574. The second-order valence-corrected chi connectivity index (χ2v) is 14.8. The summed E-state index contributed by atoms with van der Waals surface area (Å²) >= 11 is 0. The van der Waals surface area contributed by atoms with Crippen LogP contribution in [0, 0.1) is 0 Å². The van der Waals surface area contributed by atoms with Crippen molar-refractivity contribution in [2.24, 2.45) is 0 Å². The lowest BCUT2D eigenvalue weighted by Crippen LogP contribution is -2.50. The largest absolute Gasteiger partial charge is 0.531 e. The molecule has 36 heavy (non-hydrogen) atoms. The van der Waals surface area contributed by atoms with E-state index in [0.29, 0.717) is 0 Å². The minimum Gasteiger partial charge on any atom is -0.531 e. The van der Waals surface area contributed by atoms with Crippen molar-refractivity contribution >= 4 is 27.0 Å². The highest BCUT2D eigenvalue weighted by Gasteiger charge is 2.33. The van der Waals surface area contributed by atoms with E-state index in [1.807, 2.05) is 83.5 Å². The maximum atomic E-state index is 6.49. The number of rotatable bonds is 11. The van der Waals surface area contributed by atoms with Crippen LogP contribution in [0.5, 0.6) is 11.5 Å². The molecule has 0 fully saturated rings. The minimum atomic E-state index is -2.52. The molecule has 0 unspecified atom stereocenters. The van der Waals surface area contributed by atoms with Crippen LogP contribution in [0.4, 0.5) is 0 Å². The van der Waals surface area contributed by atoms with E-state index >= 15 is 0 Å². The standard InChI is InChI=1S/C32H30O2Si2/c1-5-35(6-2,31-15-11-9-12-16-31)33-29-23-19-27(20-24-29)28-21-25-30(26-22-28)34-36(7-3,8-4)32-17-13-10-14-18-32/h5-26H,1-4H2. The van der Waals surface area contributed by atoms with Crippen molar-refractivity contribution in [2.45, 2.75) is 0 Å². The van der Waals surface area contributed by atoms with Crippen LogP contribution >= 0.6 is 0 Å². The summed E-state index contributed by atoms with van der Waals surface area (Å²) in [6, 6.07) is 36.6. The Labute approximate surface area is 216 Å². The zero-order valence-electron chi connectivity index (χ0n) is 20.3. The van der Waals surface area contributed by atoms with Gasteiger partial charge in [0.2, 0.25) is 0 Å². The summed E-state index contributed by atoms with van der Waals surface area (Å²) in [5.41, 5.74) is 9.83. The highest BCUT2D eigenvalue weighted by Crippen LogP contribution is 2.27. The molecule has 0 heterocycles. The van der Waals surface area contributed by atoms with E-state index in [1.165, 1.54) is 0 Å². The third-order valence-electron chi connectivity index (χ3n) is 6.28. The highest BCUT2D eigenvalue weighted by molar-refractivity contribution is 6.95. The molecule has 0 N–H and O–H groups in total. The molecule has 0 aliphatic rings. The Kier molecular flexibility index (Phi) is 7.69. The number of hydrogen-bond acceptors (Lipinski definition) is 2. The second kappa shape index (κ2) is 11.1. The monoisotopic (exact) mass is 502 g/mol. The first kappa shape index (κ1) is 25.0. The first-order chi connectivity index (χ1) is 17.6. The Balaban J connectivity index is 1.52. The van der Waals surface area contributed by atoms with Crippen LogP contribution in [0.2, 0.25) is 0 Å². The van der Waals surface area contributed by atoms with Crippen molar-refractivity contribution in [1.82, 2.24) is 0 Å². The molecule has 0 bridgehead atoms. The van der Waals surface area contributed by atoms with E-state index in [2.05, 4.69) is 74.8 Å². The summed E-state index contributed by atoms with van der Waals surface area (Å²) in [4.78, 5) is 0. The first-order valence-electron chi connectivity index (χ1n) is 11.8. The maximum absolute atomic E-state index is 6.49. The van der Waals surface area contributed by atoms with Gasteiger partial charge < -0.3 is 8.85 Å². The molecule has 4 aromatic carbocycles. The zero-order chi connectivity index (χ0) is 25.4. The van der Waals surface area contributed by atoms with Gasteiger partial charge in [0.25, 0.3) is 0 Å². The molecule has 0 radical (unpaired) electrons.